The van der Waals surface area contributed by atoms with Crippen molar-refractivity contribution in [3.63, 3.8) is 0 Å². The van der Waals surface area contributed by atoms with Crippen molar-refractivity contribution in [1.29, 1.82) is 0 Å². The average molecular weight is 582 g/mol. The lowest BCUT2D eigenvalue weighted by molar-refractivity contribution is 0.106. The molecule has 10 nitrogen and oxygen atoms in total. The van der Waals surface area contributed by atoms with Gasteiger partial charge in [0.2, 0.25) is 0 Å². The lowest BCUT2D eigenvalue weighted by Crippen LogP contribution is -2.39. The Kier molecular flexibility index (Phi) is 10.6. The van der Waals surface area contributed by atoms with Crippen LogP contribution in [0.4, 0.5) is 10.2 Å². The summed E-state index contributed by atoms with van der Waals surface area (Å²) in [5, 5.41) is 12.9. The van der Waals surface area contributed by atoms with Crippen molar-refractivity contribution in [2.45, 2.75) is 45.9 Å². The Morgan fingerprint density at radius 3 is 2.50 bits per heavy atom. The number of anilines is 1. The van der Waals surface area contributed by atoms with Gasteiger partial charge in [-0.05, 0) is 45.9 Å². The SMILES string of the molecule is Cc1cc(-c2nnc(-c3cc(F)c(OC[C@H](N)[C@@H](C)OP(=O)(O)O)cc3Cl)s2)cc(NC(C)C)n1.Cl. The van der Waals surface area contributed by atoms with Crippen LogP contribution in [0.1, 0.15) is 26.5 Å². The number of hydrogen-bond donors (Lipinski definition) is 4. The van der Waals surface area contributed by atoms with E-state index in [1.807, 2.05) is 32.9 Å². The molecule has 0 bridgehead atoms. The van der Waals surface area contributed by atoms with E-state index in [1.165, 1.54) is 30.4 Å². The standard InChI is InChI=1S/C21H26ClFN5O5PS.ClH/c1-10(2)25-19-6-13(5-11(3)26-19)20-27-28-21(35-20)14-7-16(23)18(8-15(14)22)32-9-17(24)12(4)33-34(29,30)31;/h5-8,10,12,17H,9,24H2,1-4H3,(H,25,26)(H2,29,30,31);1H/t12-,17+;/m1./s1. The second kappa shape index (κ2) is 12.6. The summed E-state index contributed by atoms with van der Waals surface area (Å²) in [6.07, 6.45) is -1.03. The number of ether oxygens (including phenoxy) is 1. The van der Waals surface area contributed by atoms with E-state index in [0.717, 1.165) is 17.1 Å². The molecule has 36 heavy (non-hydrogen) atoms. The highest BCUT2D eigenvalue weighted by Crippen LogP contribution is 2.39. The smallest absolute Gasteiger partial charge is 0.469 e. The second-order valence-corrected chi connectivity index (χ2v) is 10.7. The van der Waals surface area contributed by atoms with E-state index in [1.54, 1.807) is 0 Å². The molecule has 2 atom stereocenters. The van der Waals surface area contributed by atoms with Gasteiger partial charge in [-0.1, -0.05) is 22.9 Å². The van der Waals surface area contributed by atoms with Gasteiger partial charge in [0.25, 0.3) is 0 Å². The molecule has 0 fully saturated rings. The van der Waals surface area contributed by atoms with Gasteiger partial charge in [0.05, 0.1) is 17.2 Å². The van der Waals surface area contributed by atoms with Gasteiger partial charge in [-0.2, -0.15) is 0 Å². The third kappa shape index (κ3) is 8.32. The van der Waals surface area contributed by atoms with E-state index in [9.17, 15) is 8.96 Å². The third-order valence-electron chi connectivity index (χ3n) is 4.65. The Hall–Kier alpha value is -1.89. The molecule has 0 aliphatic heterocycles. The van der Waals surface area contributed by atoms with Gasteiger partial charge < -0.3 is 25.6 Å². The average Bonchev–Trinajstić information content (AvgIpc) is 3.21. The van der Waals surface area contributed by atoms with Crippen LogP contribution < -0.4 is 15.8 Å². The molecule has 0 saturated heterocycles. The number of rotatable bonds is 10. The zero-order valence-electron chi connectivity index (χ0n) is 19.8. The Balaban J connectivity index is 0.00000456. The zero-order chi connectivity index (χ0) is 25.9. The lowest BCUT2D eigenvalue weighted by atomic mass is 10.2. The molecule has 1 aromatic carbocycles. The molecular weight excluding hydrogens is 555 g/mol. The van der Waals surface area contributed by atoms with Crippen LogP contribution >= 0.6 is 43.2 Å². The van der Waals surface area contributed by atoms with Crippen LogP contribution in [-0.4, -0.2) is 49.8 Å². The van der Waals surface area contributed by atoms with Crippen LogP contribution in [0, 0.1) is 12.7 Å². The zero-order valence-corrected chi connectivity index (χ0v) is 23.1. The summed E-state index contributed by atoms with van der Waals surface area (Å²) in [7, 11) is -4.71. The summed E-state index contributed by atoms with van der Waals surface area (Å²) in [5.41, 5.74) is 7.79. The fraction of sp³-hybridized carbons (Fsp3) is 0.381. The Morgan fingerprint density at radius 2 is 1.86 bits per heavy atom. The predicted molar refractivity (Wildman–Crippen MR) is 140 cm³/mol. The van der Waals surface area contributed by atoms with E-state index < -0.39 is 25.8 Å². The number of nitrogens with one attached hydrogen (secondary N) is 1. The number of nitrogens with two attached hydrogens (primary N) is 1. The van der Waals surface area contributed by atoms with Crippen molar-refractivity contribution >= 4 is 49.0 Å². The van der Waals surface area contributed by atoms with Crippen LogP contribution in [0.15, 0.2) is 24.3 Å². The minimum absolute atomic E-state index is 0. The number of phosphoric acid groups is 1. The van der Waals surface area contributed by atoms with Crippen molar-refractivity contribution in [3.8, 4) is 26.9 Å². The van der Waals surface area contributed by atoms with E-state index >= 15 is 0 Å². The maximum absolute atomic E-state index is 14.8. The van der Waals surface area contributed by atoms with Gasteiger partial charge in [-0.3, -0.25) is 4.52 Å². The first-order chi connectivity index (χ1) is 16.3. The van der Waals surface area contributed by atoms with Crippen LogP contribution in [0.2, 0.25) is 5.02 Å². The van der Waals surface area contributed by atoms with E-state index in [2.05, 4.69) is 25.0 Å². The predicted octanol–water partition coefficient (Wildman–Crippen LogP) is 4.81. The number of nitrogens with zero attached hydrogens (tertiary/aromatic N) is 3. The van der Waals surface area contributed by atoms with Gasteiger partial charge in [-0.15, -0.1) is 22.6 Å². The number of pyridine rings is 1. The molecule has 15 heteroatoms. The summed E-state index contributed by atoms with van der Waals surface area (Å²) in [4.78, 5) is 22.2. The summed E-state index contributed by atoms with van der Waals surface area (Å²) >= 11 is 7.63. The summed E-state index contributed by atoms with van der Waals surface area (Å²) in [6.45, 7) is 7.03. The molecule has 0 saturated carbocycles. The van der Waals surface area contributed by atoms with Gasteiger partial charge >= 0.3 is 7.82 Å². The van der Waals surface area contributed by atoms with E-state index in [4.69, 9.17) is 31.9 Å². The van der Waals surface area contributed by atoms with Crippen LogP contribution in [0.25, 0.3) is 21.1 Å². The number of phosphoric ester groups is 1. The summed E-state index contributed by atoms with van der Waals surface area (Å²) < 4.78 is 35.6. The maximum Gasteiger partial charge on any atom is 0.469 e. The summed E-state index contributed by atoms with van der Waals surface area (Å²) in [6, 6.07) is 5.51. The van der Waals surface area contributed by atoms with Crippen molar-refractivity contribution in [1.82, 2.24) is 15.2 Å². The lowest BCUT2D eigenvalue weighted by Gasteiger charge is -2.21. The monoisotopic (exact) mass is 581 g/mol. The summed E-state index contributed by atoms with van der Waals surface area (Å²) in [5.74, 6) is -0.160. The first kappa shape index (κ1) is 30.3. The van der Waals surface area contributed by atoms with Crippen molar-refractivity contribution in [2.75, 3.05) is 11.9 Å². The molecule has 3 rings (SSSR count). The molecule has 0 spiro atoms. The molecular formula is C21H27Cl2FN5O5PS. The molecule has 2 heterocycles. The minimum Gasteiger partial charge on any atom is -0.489 e. The molecule has 0 aliphatic rings. The maximum atomic E-state index is 14.8. The Morgan fingerprint density at radius 1 is 1.19 bits per heavy atom. The Labute approximate surface area is 223 Å². The van der Waals surface area contributed by atoms with E-state index in [0.29, 0.717) is 15.6 Å². The Bertz CT molecular complexity index is 1250. The van der Waals surface area contributed by atoms with Crippen molar-refractivity contribution < 1.29 is 28.0 Å². The normalized spacial score (nSPS) is 13.3. The van der Waals surface area contributed by atoms with Gasteiger partial charge in [0, 0.05) is 28.9 Å². The number of halogens is 3. The highest BCUT2D eigenvalue weighted by atomic mass is 35.5. The van der Waals surface area contributed by atoms with E-state index in [-0.39, 0.29) is 35.8 Å². The van der Waals surface area contributed by atoms with Crippen LogP contribution in [0.5, 0.6) is 5.75 Å². The fourth-order valence-electron chi connectivity index (χ4n) is 3.03. The van der Waals surface area contributed by atoms with Gasteiger partial charge in [0.15, 0.2) is 11.6 Å². The fourth-order valence-corrected chi connectivity index (χ4v) is 4.78. The highest BCUT2D eigenvalue weighted by Gasteiger charge is 2.25. The van der Waals surface area contributed by atoms with Crippen molar-refractivity contribution in [3.05, 3.63) is 40.8 Å². The quantitative estimate of drug-likeness (QED) is 0.245. The van der Waals surface area contributed by atoms with Gasteiger partial charge in [0.1, 0.15) is 22.4 Å². The first-order valence-corrected chi connectivity index (χ1v) is 13.3. The van der Waals surface area contributed by atoms with Gasteiger partial charge in [-0.25, -0.2) is 13.9 Å². The molecule has 0 radical (unpaired) electrons. The largest absolute Gasteiger partial charge is 0.489 e. The molecule has 0 aliphatic carbocycles. The molecule has 2 aromatic heterocycles. The molecule has 5 N–H and O–H groups in total. The van der Waals surface area contributed by atoms with Crippen molar-refractivity contribution in [2.24, 2.45) is 5.73 Å². The minimum atomic E-state index is -4.71. The number of hydrogen-bond acceptors (Lipinski definition) is 9. The molecule has 3 aromatic rings. The number of aromatic nitrogens is 3. The third-order valence-corrected chi connectivity index (χ3v) is 6.58. The van der Waals surface area contributed by atoms with Crippen LogP contribution in [-0.2, 0) is 9.09 Å². The number of benzene rings is 1. The molecule has 0 amide bonds. The topological polar surface area (TPSA) is 153 Å². The molecule has 0 unspecified atom stereocenters. The highest BCUT2D eigenvalue weighted by molar-refractivity contribution is 7.46. The number of aryl methyl sites for hydroxylation is 1. The molecule has 198 valence electrons. The first-order valence-electron chi connectivity index (χ1n) is 10.5. The van der Waals surface area contributed by atoms with Crippen LogP contribution in [0.3, 0.4) is 0 Å². The second-order valence-electron chi connectivity index (χ2n) is 8.13.